The standard InChI is InChI=1S/C17H19N3O3/c1-11-15(13(3)21)12(2)19-16(11)17(22)20(8-5-7-18)10-14-6-4-9-23-14/h4,6,9,19H,5,8,10H2,1-3H3. The maximum atomic E-state index is 12.8. The van der Waals surface area contributed by atoms with Gasteiger partial charge in [-0.3, -0.25) is 9.59 Å². The molecule has 0 radical (unpaired) electrons. The first-order valence-corrected chi connectivity index (χ1v) is 7.34. The molecule has 0 aliphatic heterocycles. The van der Waals surface area contributed by atoms with Crippen LogP contribution >= 0.6 is 0 Å². The minimum atomic E-state index is -0.246. The maximum Gasteiger partial charge on any atom is 0.271 e. The highest BCUT2D eigenvalue weighted by molar-refractivity contribution is 6.02. The fourth-order valence-electron chi connectivity index (χ4n) is 2.68. The number of aromatic amines is 1. The number of rotatable bonds is 6. The molecule has 0 fully saturated rings. The van der Waals surface area contributed by atoms with Crippen molar-refractivity contribution >= 4 is 11.7 Å². The minimum absolute atomic E-state index is 0.0788. The van der Waals surface area contributed by atoms with E-state index in [1.54, 1.807) is 37.1 Å². The molecule has 0 bridgehead atoms. The number of aromatic nitrogens is 1. The zero-order valence-corrected chi connectivity index (χ0v) is 13.5. The van der Waals surface area contributed by atoms with E-state index >= 15 is 0 Å². The number of nitrogens with one attached hydrogen (secondary N) is 1. The van der Waals surface area contributed by atoms with Gasteiger partial charge in [0, 0.05) is 17.8 Å². The molecule has 6 heteroatoms. The van der Waals surface area contributed by atoms with Gasteiger partial charge in [-0.25, -0.2) is 0 Å². The molecule has 6 nitrogen and oxygen atoms in total. The third kappa shape index (κ3) is 3.51. The molecular weight excluding hydrogens is 294 g/mol. The Morgan fingerprint density at radius 1 is 1.39 bits per heavy atom. The number of carbonyl (C=O) groups excluding carboxylic acids is 2. The number of hydrogen-bond donors (Lipinski definition) is 1. The topological polar surface area (TPSA) is 90.1 Å². The normalized spacial score (nSPS) is 10.3. The largest absolute Gasteiger partial charge is 0.467 e. The molecule has 0 saturated carbocycles. The first kappa shape index (κ1) is 16.6. The Morgan fingerprint density at radius 2 is 2.13 bits per heavy atom. The van der Waals surface area contributed by atoms with Gasteiger partial charge in [0.1, 0.15) is 11.5 Å². The maximum absolute atomic E-state index is 12.8. The summed E-state index contributed by atoms with van der Waals surface area (Å²) in [6, 6.07) is 5.57. The zero-order chi connectivity index (χ0) is 17.0. The highest BCUT2D eigenvalue weighted by Crippen LogP contribution is 2.21. The molecule has 2 rings (SSSR count). The Kier molecular flexibility index (Phi) is 5.02. The van der Waals surface area contributed by atoms with Gasteiger partial charge in [0.15, 0.2) is 5.78 Å². The zero-order valence-electron chi connectivity index (χ0n) is 13.5. The van der Waals surface area contributed by atoms with Crippen molar-refractivity contribution in [1.29, 1.82) is 5.26 Å². The molecule has 0 saturated heterocycles. The summed E-state index contributed by atoms with van der Waals surface area (Å²) in [4.78, 5) is 29.1. The molecule has 0 aliphatic rings. The van der Waals surface area contributed by atoms with Crippen LogP contribution < -0.4 is 0 Å². The van der Waals surface area contributed by atoms with Crippen molar-refractivity contribution < 1.29 is 14.0 Å². The van der Waals surface area contributed by atoms with Crippen LogP contribution in [0.1, 0.15) is 51.2 Å². The Morgan fingerprint density at radius 3 is 2.65 bits per heavy atom. The van der Waals surface area contributed by atoms with Crippen LogP contribution in [0.25, 0.3) is 0 Å². The Balaban J connectivity index is 2.32. The fraction of sp³-hybridized carbons (Fsp3) is 0.353. The summed E-state index contributed by atoms with van der Waals surface area (Å²) in [5, 5.41) is 8.81. The van der Waals surface area contributed by atoms with Crippen LogP contribution in [0.5, 0.6) is 0 Å². The number of ketones is 1. The van der Waals surface area contributed by atoms with Gasteiger partial charge < -0.3 is 14.3 Å². The van der Waals surface area contributed by atoms with Crippen molar-refractivity contribution in [3.05, 3.63) is 46.7 Å². The molecular formula is C17H19N3O3. The SMILES string of the molecule is CC(=O)c1c(C)[nH]c(C(=O)N(CCC#N)Cc2ccco2)c1C. The number of Topliss-reactive ketones (excluding diaryl/α,β-unsaturated/α-hetero) is 1. The summed E-state index contributed by atoms with van der Waals surface area (Å²) >= 11 is 0. The summed E-state index contributed by atoms with van der Waals surface area (Å²) in [6.45, 7) is 5.58. The Labute approximate surface area is 134 Å². The Hall–Kier alpha value is -2.81. The van der Waals surface area contributed by atoms with Crippen LogP contribution in [-0.4, -0.2) is 28.1 Å². The number of aryl methyl sites for hydroxylation is 1. The van der Waals surface area contributed by atoms with E-state index in [2.05, 4.69) is 4.98 Å². The van der Waals surface area contributed by atoms with Crippen LogP contribution in [0.15, 0.2) is 22.8 Å². The van der Waals surface area contributed by atoms with Gasteiger partial charge in [0.25, 0.3) is 5.91 Å². The van der Waals surface area contributed by atoms with Gasteiger partial charge in [-0.1, -0.05) is 0 Å². The van der Waals surface area contributed by atoms with Crippen LogP contribution in [0.4, 0.5) is 0 Å². The highest BCUT2D eigenvalue weighted by Gasteiger charge is 2.24. The van der Waals surface area contributed by atoms with Crippen LogP contribution in [0.3, 0.4) is 0 Å². The number of H-pyrrole nitrogens is 1. The molecule has 1 N–H and O–H groups in total. The van der Waals surface area contributed by atoms with Gasteiger partial charge in [-0.2, -0.15) is 5.26 Å². The van der Waals surface area contributed by atoms with E-state index in [0.717, 1.165) is 0 Å². The number of nitriles is 1. The minimum Gasteiger partial charge on any atom is -0.467 e. The van der Waals surface area contributed by atoms with Crippen molar-refractivity contribution in [2.45, 2.75) is 33.7 Å². The van der Waals surface area contributed by atoms with Crippen molar-refractivity contribution in [3.63, 3.8) is 0 Å². The van der Waals surface area contributed by atoms with E-state index in [1.807, 2.05) is 6.07 Å². The summed E-state index contributed by atoms with van der Waals surface area (Å²) in [5.74, 6) is 0.318. The van der Waals surface area contributed by atoms with Crippen molar-refractivity contribution in [3.8, 4) is 6.07 Å². The highest BCUT2D eigenvalue weighted by atomic mass is 16.3. The lowest BCUT2D eigenvalue weighted by molar-refractivity contribution is 0.0729. The Bertz CT molecular complexity index is 751. The lowest BCUT2D eigenvalue weighted by atomic mass is 10.1. The summed E-state index contributed by atoms with van der Waals surface area (Å²) in [5.41, 5.74) is 2.25. The van der Waals surface area contributed by atoms with Crippen molar-refractivity contribution in [1.82, 2.24) is 9.88 Å². The van der Waals surface area contributed by atoms with Crippen LogP contribution in [0, 0.1) is 25.2 Å². The molecule has 0 aromatic carbocycles. The lowest BCUT2D eigenvalue weighted by Crippen LogP contribution is -2.32. The molecule has 23 heavy (non-hydrogen) atoms. The molecule has 1 amide bonds. The molecule has 0 atom stereocenters. The lowest BCUT2D eigenvalue weighted by Gasteiger charge is -2.20. The van der Waals surface area contributed by atoms with Gasteiger partial charge in [-0.05, 0) is 38.5 Å². The summed E-state index contributed by atoms with van der Waals surface area (Å²) < 4.78 is 5.29. The predicted octanol–water partition coefficient (Wildman–Crippen LogP) is 2.98. The van der Waals surface area contributed by atoms with E-state index in [1.165, 1.54) is 6.92 Å². The molecule has 0 unspecified atom stereocenters. The van der Waals surface area contributed by atoms with E-state index in [-0.39, 0.29) is 24.7 Å². The van der Waals surface area contributed by atoms with Crippen LogP contribution in [-0.2, 0) is 6.54 Å². The first-order valence-electron chi connectivity index (χ1n) is 7.34. The quantitative estimate of drug-likeness (QED) is 0.830. The van der Waals surface area contributed by atoms with Gasteiger partial charge in [-0.15, -0.1) is 0 Å². The van der Waals surface area contributed by atoms with Crippen molar-refractivity contribution in [2.24, 2.45) is 0 Å². The van der Waals surface area contributed by atoms with Crippen molar-refractivity contribution in [2.75, 3.05) is 6.54 Å². The number of amides is 1. The number of carbonyl (C=O) groups is 2. The number of furan rings is 1. The predicted molar refractivity (Wildman–Crippen MR) is 83.9 cm³/mol. The summed E-state index contributed by atoms with van der Waals surface area (Å²) in [6.07, 6.45) is 1.77. The van der Waals surface area contributed by atoms with E-state index in [9.17, 15) is 9.59 Å². The van der Waals surface area contributed by atoms with Gasteiger partial charge in [0.2, 0.25) is 0 Å². The van der Waals surface area contributed by atoms with Gasteiger partial charge >= 0.3 is 0 Å². The second-order valence-corrected chi connectivity index (χ2v) is 5.40. The average Bonchev–Trinajstić information content (AvgIpc) is 3.10. The fourth-order valence-corrected chi connectivity index (χ4v) is 2.68. The van der Waals surface area contributed by atoms with Gasteiger partial charge in [0.05, 0.1) is 25.3 Å². The number of hydrogen-bond acceptors (Lipinski definition) is 4. The molecule has 2 aromatic rings. The monoisotopic (exact) mass is 313 g/mol. The van der Waals surface area contributed by atoms with E-state index in [0.29, 0.717) is 34.8 Å². The average molecular weight is 313 g/mol. The third-order valence-electron chi connectivity index (χ3n) is 3.71. The molecule has 2 heterocycles. The van der Waals surface area contributed by atoms with E-state index in [4.69, 9.17) is 9.68 Å². The smallest absolute Gasteiger partial charge is 0.271 e. The molecule has 0 aliphatic carbocycles. The summed E-state index contributed by atoms with van der Waals surface area (Å²) in [7, 11) is 0. The second kappa shape index (κ2) is 6.97. The molecule has 0 spiro atoms. The first-order chi connectivity index (χ1) is 11.0. The van der Waals surface area contributed by atoms with E-state index < -0.39 is 0 Å². The molecule has 2 aromatic heterocycles. The third-order valence-corrected chi connectivity index (χ3v) is 3.71. The molecule has 120 valence electrons. The second-order valence-electron chi connectivity index (χ2n) is 5.40. The van der Waals surface area contributed by atoms with Crippen LogP contribution in [0.2, 0.25) is 0 Å². The number of nitrogens with zero attached hydrogens (tertiary/aromatic N) is 2.